The van der Waals surface area contributed by atoms with Gasteiger partial charge in [-0.1, -0.05) is 188 Å². The van der Waals surface area contributed by atoms with Crippen LogP contribution in [0.3, 0.4) is 0 Å². The van der Waals surface area contributed by atoms with Gasteiger partial charge in [0.1, 0.15) is 0 Å². The van der Waals surface area contributed by atoms with Crippen molar-refractivity contribution in [3.63, 3.8) is 0 Å². The molecular weight excluding hydrogens is 753 g/mol. The summed E-state index contributed by atoms with van der Waals surface area (Å²) >= 11 is 0. The van der Waals surface area contributed by atoms with Gasteiger partial charge in [0.2, 0.25) is 0 Å². The Balaban J connectivity index is 0.997. The summed E-state index contributed by atoms with van der Waals surface area (Å²) < 4.78 is 0. The van der Waals surface area contributed by atoms with Gasteiger partial charge in [-0.3, -0.25) is 4.99 Å². The number of rotatable bonds is 8. The second-order valence-electron chi connectivity index (χ2n) is 16.1. The van der Waals surface area contributed by atoms with Crippen LogP contribution in [0, 0.1) is 0 Å². The number of nitrogens with zero attached hydrogens (tertiary/aromatic N) is 2. The molecule has 3 N–H and O–H groups in total. The van der Waals surface area contributed by atoms with Crippen molar-refractivity contribution in [1.82, 2.24) is 5.32 Å². The molecule has 8 aromatic rings. The number of nitrogens with one attached hydrogen (secondary N) is 1. The molecule has 4 nitrogen and oxygen atoms in total. The van der Waals surface area contributed by atoms with Crippen LogP contribution in [0.5, 0.6) is 0 Å². The predicted molar refractivity (Wildman–Crippen MR) is 258 cm³/mol. The number of aliphatic imine (C=N–C) groups is 1. The lowest BCUT2D eigenvalue weighted by molar-refractivity contribution is 0.659. The summed E-state index contributed by atoms with van der Waals surface area (Å²) in [6.07, 6.45) is 8.54. The van der Waals surface area contributed by atoms with Crippen LogP contribution in [0.1, 0.15) is 45.0 Å². The number of allylic oxidation sites excluding steroid dienone is 3. The smallest absolute Gasteiger partial charge is 0.0901 e. The fourth-order valence-electron chi connectivity index (χ4n) is 9.67. The van der Waals surface area contributed by atoms with Crippen LogP contribution in [0.15, 0.2) is 235 Å². The van der Waals surface area contributed by atoms with Gasteiger partial charge in [0, 0.05) is 29.7 Å². The average Bonchev–Trinajstić information content (AvgIpc) is 3.64. The van der Waals surface area contributed by atoms with Gasteiger partial charge in [-0.2, -0.15) is 0 Å². The van der Waals surface area contributed by atoms with Gasteiger partial charge in [0.05, 0.1) is 28.5 Å². The third kappa shape index (κ3) is 6.32. The molecule has 3 aliphatic rings. The monoisotopic (exact) mass is 796 g/mol. The lowest BCUT2D eigenvalue weighted by Crippen LogP contribution is -2.41. The van der Waals surface area contributed by atoms with Crippen LogP contribution in [0.2, 0.25) is 0 Å². The van der Waals surface area contributed by atoms with Crippen LogP contribution < -0.4 is 16.0 Å². The van der Waals surface area contributed by atoms with E-state index in [1.165, 1.54) is 50.5 Å². The standard InChI is InChI=1S/C58H44N4/c59-53(44-30-26-42(27-31-44)41-17-6-2-7-18-41)38-54(61-39-40-15-4-1-5-16-40)45-32-28-43(29-33-45)46-34-35-48-49-21-14-36-60-57(49)58(52(48)37-46)50-22-10-12-24-55(50)62(47-19-8-3-9-20-47)56-25-13-11-23-51(56)58/h1-35,37-39,53,60H,36,59H2/b54-38-,61-39?. The van der Waals surface area contributed by atoms with Gasteiger partial charge in [-0.15, -0.1) is 0 Å². The van der Waals surface area contributed by atoms with Crippen molar-refractivity contribution in [2.75, 3.05) is 11.4 Å². The van der Waals surface area contributed by atoms with E-state index in [0.29, 0.717) is 0 Å². The Morgan fingerprint density at radius 3 is 1.84 bits per heavy atom. The maximum absolute atomic E-state index is 6.92. The van der Waals surface area contributed by atoms with E-state index in [2.05, 4.69) is 210 Å². The molecule has 11 rings (SSSR count). The third-order valence-electron chi connectivity index (χ3n) is 12.6. The average molecular weight is 797 g/mol. The summed E-state index contributed by atoms with van der Waals surface area (Å²) in [7, 11) is 0. The molecule has 0 fully saturated rings. The summed E-state index contributed by atoms with van der Waals surface area (Å²) in [6.45, 7) is 0.779. The quantitative estimate of drug-likeness (QED) is 0.151. The predicted octanol–water partition coefficient (Wildman–Crippen LogP) is 13.2. The molecule has 62 heavy (non-hydrogen) atoms. The number of fused-ring (bicyclic) bond motifs is 8. The summed E-state index contributed by atoms with van der Waals surface area (Å²) in [5.41, 5.74) is 26.0. The Morgan fingerprint density at radius 1 is 0.581 bits per heavy atom. The number of hydrogen-bond acceptors (Lipinski definition) is 4. The van der Waals surface area contributed by atoms with Gasteiger partial charge in [-0.05, 0) is 97.6 Å². The van der Waals surface area contributed by atoms with Crippen LogP contribution in [-0.2, 0) is 5.41 Å². The Bertz CT molecular complexity index is 3010. The minimum Gasteiger partial charge on any atom is -0.383 e. The fourth-order valence-corrected chi connectivity index (χ4v) is 9.67. The lowest BCUT2D eigenvalue weighted by Gasteiger charge is -2.46. The number of benzene rings is 8. The summed E-state index contributed by atoms with van der Waals surface area (Å²) in [6, 6.07) is 73.2. The Hall–Kier alpha value is -7.79. The molecule has 2 heterocycles. The molecule has 0 aromatic heterocycles. The maximum Gasteiger partial charge on any atom is 0.0901 e. The van der Waals surface area contributed by atoms with Crippen LogP contribution in [0.25, 0.3) is 33.5 Å². The van der Waals surface area contributed by atoms with Crippen molar-refractivity contribution in [3.8, 4) is 22.3 Å². The minimum atomic E-state index is -0.540. The molecule has 0 bridgehead atoms. The highest BCUT2D eigenvalue weighted by Crippen LogP contribution is 2.62. The summed E-state index contributed by atoms with van der Waals surface area (Å²) in [4.78, 5) is 7.47. The Labute approximate surface area is 363 Å². The molecule has 1 aliphatic carbocycles. The highest BCUT2D eigenvalue weighted by molar-refractivity contribution is 5.98. The molecule has 1 atom stereocenters. The van der Waals surface area contributed by atoms with Crippen LogP contribution in [0.4, 0.5) is 17.1 Å². The maximum atomic E-state index is 6.92. The molecule has 0 radical (unpaired) electrons. The van der Waals surface area contributed by atoms with Gasteiger partial charge < -0.3 is 16.0 Å². The van der Waals surface area contributed by atoms with E-state index in [-0.39, 0.29) is 6.04 Å². The molecular formula is C58H44N4. The van der Waals surface area contributed by atoms with Gasteiger partial charge in [0.25, 0.3) is 0 Å². The van der Waals surface area contributed by atoms with Crippen LogP contribution in [-0.4, -0.2) is 12.8 Å². The molecule has 2 aliphatic heterocycles. The zero-order chi connectivity index (χ0) is 41.5. The molecule has 0 saturated carbocycles. The SMILES string of the molecule is NC(/C=C(\N=Cc1ccccc1)c1ccc(-c2ccc3c(c2)C2(C4=C3C=CCN4)c3ccccc3N(c3ccccc3)c3ccccc32)cc1)c1ccc(-c2ccccc2)cc1. The topological polar surface area (TPSA) is 53.6 Å². The van der Waals surface area contributed by atoms with Gasteiger partial charge >= 0.3 is 0 Å². The minimum absolute atomic E-state index is 0.351. The van der Waals surface area contributed by atoms with E-state index in [1.807, 2.05) is 30.5 Å². The van der Waals surface area contributed by atoms with Gasteiger partial charge in [-0.25, -0.2) is 0 Å². The number of para-hydroxylation sites is 3. The molecule has 296 valence electrons. The molecule has 8 aromatic carbocycles. The van der Waals surface area contributed by atoms with E-state index in [1.54, 1.807) is 0 Å². The van der Waals surface area contributed by atoms with Crippen LogP contribution >= 0.6 is 0 Å². The first-order chi connectivity index (χ1) is 30.7. The Kier molecular flexibility index (Phi) is 9.41. The molecule has 1 spiro atoms. The van der Waals surface area contributed by atoms with E-state index in [4.69, 9.17) is 10.7 Å². The van der Waals surface area contributed by atoms with Crippen molar-refractivity contribution in [2.45, 2.75) is 11.5 Å². The summed E-state index contributed by atoms with van der Waals surface area (Å²) in [5, 5.41) is 3.91. The first-order valence-corrected chi connectivity index (χ1v) is 21.3. The van der Waals surface area contributed by atoms with E-state index in [9.17, 15) is 0 Å². The molecule has 1 unspecified atom stereocenters. The normalized spacial score (nSPS) is 15.2. The third-order valence-corrected chi connectivity index (χ3v) is 12.6. The Morgan fingerprint density at radius 2 is 1.15 bits per heavy atom. The zero-order valence-electron chi connectivity index (χ0n) is 34.2. The number of hydrogen-bond donors (Lipinski definition) is 2. The zero-order valence-corrected chi connectivity index (χ0v) is 34.2. The van der Waals surface area contributed by atoms with Crippen molar-refractivity contribution in [3.05, 3.63) is 269 Å². The van der Waals surface area contributed by atoms with E-state index < -0.39 is 5.41 Å². The lowest BCUT2D eigenvalue weighted by atomic mass is 9.65. The number of dihydropyridines is 1. The largest absolute Gasteiger partial charge is 0.383 e. The fraction of sp³-hybridized carbons (Fsp3) is 0.0517. The van der Waals surface area contributed by atoms with Crippen molar-refractivity contribution in [2.24, 2.45) is 10.7 Å². The molecule has 0 saturated heterocycles. The van der Waals surface area contributed by atoms with E-state index >= 15 is 0 Å². The van der Waals surface area contributed by atoms with Gasteiger partial charge in [0.15, 0.2) is 0 Å². The first kappa shape index (κ1) is 37.2. The van der Waals surface area contributed by atoms with Crippen molar-refractivity contribution < 1.29 is 0 Å². The van der Waals surface area contributed by atoms with Crippen molar-refractivity contribution in [1.29, 1.82) is 0 Å². The highest BCUT2D eigenvalue weighted by Gasteiger charge is 2.53. The second-order valence-corrected chi connectivity index (χ2v) is 16.1. The summed E-state index contributed by atoms with van der Waals surface area (Å²) in [5.74, 6) is 0. The molecule has 4 heteroatoms. The number of anilines is 3. The first-order valence-electron chi connectivity index (χ1n) is 21.3. The number of nitrogens with two attached hydrogens (primary N) is 1. The highest BCUT2D eigenvalue weighted by atomic mass is 15.2. The molecule has 0 amide bonds. The van der Waals surface area contributed by atoms with Crippen molar-refractivity contribution >= 4 is 34.5 Å². The second kappa shape index (κ2) is 15.7. The van der Waals surface area contributed by atoms with E-state index in [0.717, 1.165) is 51.3 Å².